The van der Waals surface area contributed by atoms with Gasteiger partial charge in [-0.1, -0.05) is 6.07 Å². The number of carbonyl (C=O) groups is 1. The monoisotopic (exact) mass is 352 g/mol. The number of rotatable bonds is 5. The predicted molar refractivity (Wildman–Crippen MR) is 82.9 cm³/mol. The quantitative estimate of drug-likeness (QED) is 0.850. The van der Waals surface area contributed by atoms with E-state index in [1.54, 1.807) is 24.3 Å². The molecule has 1 saturated carbocycles. The van der Waals surface area contributed by atoms with E-state index >= 15 is 0 Å². The van der Waals surface area contributed by atoms with Crippen molar-refractivity contribution in [3.8, 4) is 17.2 Å². The Morgan fingerprint density at radius 2 is 1.88 bits per heavy atom. The van der Waals surface area contributed by atoms with Crippen LogP contribution in [0, 0.1) is 12.8 Å². The maximum Gasteiger partial charge on any atom is 0.416 e. The fraction of sp³-hybridized carbons (Fsp3) is 0.278. The van der Waals surface area contributed by atoms with Gasteiger partial charge in [0.2, 0.25) is 0 Å². The molecule has 7 heteroatoms. The molecule has 0 saturated heterocycles. The van der Waals surface area contributed by atoms with E-state index in [1.807, 2.05) is 0 Å². The Hall–Kier alpha value is -2.70. The van der Waals surface area contributed by atoms with E-state index in [1.165, 1.54) is 13.0 Å². The number of benzene rings is 2. The minimum Gasteiger partial charge on any atom is -0.489 e. The predicted octanol–water partition coefficient (Wildman–Crippen LogP) is 4.66. The van der Waals surface area contributed by atoms with Gasteiger partial charge in [0.05, 0.1) is 11.5 Å². The topological polar surface area (TPSA) is 55.8 Å². The average molecular weight is 352 g/mol. The fourth-order valence-corrected chi connectivity index (χ4v) is 2.41. The van der Waals surface area contributed by atoms with Gasteiger partial charge in [0.15, 0.2) is 0 Å². The summed E-state index contributed by atoms with van der Waals surface area (Å²) in [5.41, 5.74) is -0.378. The van der Waals surface area contributed by atoms with E-state index in [-0.39, 0.29) is 6.10 Å². The lowest BCUT2D eigenvalue weighted by atomic mass is 10.1. The summed E-state index contributed by atoms with van der Waals surface area (Å²) in [6.07, 6.45) is -4.30. The molecule has 1 fully saturated rings. The summed E-state index contributed by atoms with van der Waals surface area (Å²) in [5, 5.41) is 8.88. The highest BCUT2D eigenvalue weighted by molar-refractivity contribution is 5.74. The molecule has 0 bridgehead atoms. The second-order valence-corrected chi connectivity index (χ2v) is 5.89. The van der Waals surface area contributed by atoms with E-state index in [4.69, 9.17) is 14.6 Å². The lowest BCUT2D eigenvalue weighted by molar-refractivity contribution is -0.139. The summed E-state index contributed by atoms with van der Waals surface area (Å²) in [4.78, 5) is 10.8. The van der Waals surface area contributed by atoms with Crippen LogP contribution >= 0.6 is 0 Å². The van der Waals surface area contributed by atoms with Gasteiger partial charge in [-0.2, -0.15) is 13.2 Å². The number of alkyl halides is 3. The molecule has 132 valence electrons. The van der Waals surface area contributed by atoms with Crippen LogP contribution in [0.15, 0.2) is 42.5 Å². The maximum absolute atomic E-state index is 12.7. The van der Waals surface area contributed by atoms with Crippen molar-refractivity contribution in [1.82, 2.24) is 0 Å². The van der Waals surface area contributed by atoms with Gasteiger partial charge in [0.1, 0.15) is 23.4 Å². The first-order valence-corrected chi connectivity index (χ1v) is 7.59. The Morgan fingerprint density at radius 1 is 1.16 bits per heavy atom. The van der Waals surface area contributed by atoms with Crippen LogP contribution < -0.4 is 9.47 Å². The molecule has 4 nitrogen and oxygen atoms in total. The highest BCUT2D eigenvalue weighted by atomic mass is 19.4. The van der Waals surface area contributed by atoms with Gasteiger partial charge in [-0.3, -0.25) is 4.79 Å². The van der Waals surface area contributed by atoms with Gasteiger partial charge in [0, 0.05) is 12.5 Å². The Kier molecular flexibility index (Phi) is 4.32. The number of carboxylic acid groups (broad SMARTS) is 1. The molecule has 2 atom stereocenters. The maximum atomic E-state index is 12.7. The average Bonchev–Trinajstić information content (AvgIpc) is 3.28. The van der Waals surface area contributed by atoms with Gasteiger partial charge in [-0.05, 0) is 42.8 Å². The number of aliphatic carboxylic acids is 1. The molecule has 0 radical (unpaired) electrons. The van der Waals surface area contributed by atoms with Gasteiger partial charge in [-0.25, -0.2) is 0 Å². The first kappa shape index (κ1) is 17.1. The Labute approximate surface area is 141 Å². The normalized spacial score (nSPS) is 19.4. The highest BCUT2D eigenvalue weighted by Gasteiger charge is 2.45. The van der Waals surface area contributed by atoms with E-state index in [0.717, 1.165) is 12.1 Å². The lowest BCUT2D eigenvalue weighted by Gasteiger charge is -2.13. The van der Waals surface area contributed by atoms with Gasteiger partial charge in [-0.15, -0.1) is 0 Å². The third kappa shape index (κ3) is 4.04. The summed E-state index contributed by atoms with van der Waals surface area (Å²) in [6.45, 7) is 1.53. The molecule has 0 aromatic heterocycles. The van der Waals surface area contributed by atoms with Gasteiger partial charge < -0.3 is 14.6 Å². The molecule has 1 aliphatic rings. The Bertz CT molecular complexity index is 801. The number of hydrogen-bond acceptors (Lipinski definition) is 3. The van der Waals surface area contributed by atoms with E-state index < -0.39 is 23.6 Å². The Morgan fingerprint density at radius 3 is 2.48 bits per heavy atom. The molecule has 0 heterocycles. The standard InChI is InChI=1S/C18H15F3O4/c1-10-7-11(18(19,20)21)5-6-15(10)24-12-3-2-4-13(8-12)25-16-9-14(16)17(22)23/h2-8,14,16H,9H2,1H3,(H,22,23)/t14?,16-/m1/s1. The first-order chi connectivity index (χ1) is 11.7. The molecule has 0 spiro atoms. The lowest BCUT2D eigenvalue weighted by Crippen LogP contribution is -2.07. The SMILES string of the molecule is Cc1cc(C(F)(F)F)ccc1Oc1cccc(O[C@@H]2CC2C(=O)O)c1. The van der Waals surface area contributed by atoms with E-state index in [0.29, 0.717) is 29.2 Å². The molecular weight excluding hydrogens is 337 g/mol. The second-order valence-electron chi connectivity index (χ2n) is 5.89. The summed E-state index contributed by atoms with van der Waals surface area (Å²) in [5.74, 6) is -0.233. The minimum absolute atomic E-state index is 0.306. The zero-order valence-electron chi connectivity index (χ0n) is 13.2. The number of ether oxygens (including phenoxy) is 2. The Balaban J connectivity index is 1.71. The van der Waals surface area contributed by atoms with Crippen molar-refractivity contribution in [3.05, 3.63) is 53.6 Å². The van der Waals surface area contributed by atoms with Crippen molar-refractivity contribution in [1.29, 1.82) is 0 Å². The van der Waals surface area contributed by atoms with Crippen molar-refractivity contribution >= 4 is 5.97 Å². The molecule has 2 aromatic rings. The van der Waals surface area contributed by atoms with Crippen molar-refractivity contribution in [2.24, 2.45) is 5.92 Å². The third-order valence-corrected chi connectivity index (χ3v) is 3.87. The van der Waals surface area contributed by atoms with Crippen LogP contribution in [0.4, 0.5) is 13.2 Å². The molecule has 3 rings (SSSR count). The summed E-state index contributed by atoms with van der Waals surface area (Å²) in [6, 6.07) is 9.82. The first-order valence-electron chi connectivity index (χ1n) is 7.59. The summed E-state index contributed by atoms with van der Waals surface area (Å²) >= 11 is 0. The van der Waals surface area contributed by atoms with Crippen LogP contribution in [-0.2, 0) is 11.0 Å². The smallest absolute Gasteiger partial charge is 0.416 e. The van der Waals surface area contributed by atoms with Crippen LogP contribution in [-0.4, -0.2) is 17.2 Å². The summed E-state index contributed by atoms with van der Waals surface area (Å²) < 4.78 is 49.3. The van der Waals surface area contributed by atoms with Gasteiger partial charge in [0.25, 0.3) is 0 Å². The van der Waals surface area contributed by atoms with Crippen molar-refractivity contribution < 1.29 is 32.5 Å². The molecule has 25 heavy (non-hydrogen) atoms. The van der Waals surface area contributed by atoms with Crippen molar-refractivity contribution in [2.75, 3.05) is 0 Å². The summed E-state index contributed by atoms with van der Waals surface area (Å²) in [7, 11) is 0. The van der Waals surface area contributed by atoms with Gasteiger partial charge >= 0.3 is 12.1 Å². The van der Waals surface area contributed by atoms with E-state index in [9.17, 15) is 18.0 Å². The number of aryl methyl sites for hydroxylation is 1. The zero-order chi connectivity index (χ0) is 18.2. The van der Waals surface area contributed by atoms with Crippen molar-refractivity contribution in [3.63, 3.8) is 0 Å². The number of carboxylic acids is 1. The fourth-order valence-electron chi connectivity index (χ4n) is 2.41. The molecule has 1 N–H and O–H groups in total. The second kappa shape index (κ2) is 6.31. The minimum atomic E-state index is -4.40. The zero-order valence-corrected chi connectivity index (χ0v) is 13.2. The van der Waals surface area contributed by atoms with Crippen LogP contribution in [0.5, 0.6) is 17.2 Å². The number of hydrogen-bond donors (Lipinski definition) is 1. The highest BCUT2D eigenvalue weighted by Crippen LogP contribution is 2.37. The van der Waals surface area contributed by atoms with Crippen molar-refractivity contribution in [2.45, 2.75) is 25.6 Å². The number of halogens is 3. The van der Waals surface area contributed by atoms with Crippen LogP contribution in [0.1, 0.15) is 17.5 Å². The molecule has 0 amide bonds. The third-order valence-electron chi connectivity index (χ3n) is 3.87. The van der Waals surface area contributed by atoms with Crippen LogP contribution in [0.2, 0.25) is 0 Å². The van der Waals surface area contributed by atoms with Crippen LogP contribution in [0.25, 0.3) is 0 Å². The molecule has 1 unspecified atom stereocenters. The van der Waals surface area contributed by atoms with E-state index in [2.05, 4.69) is 0 Å². The molecule has 1 aliphatic carbocycles. The largest absolute Gasteiger partial charge is 0.489 e. The van der Waals surface area contributed by atoms with Crippen LogP contribution in [0.3, 0.4) is 0 Å². The molecular formula is C18H15F3O4. The molecule has 2 aromatic carbocycles. The molecule has 0 aliphatic heterocycles.